The van der Waals surface area contributed by atoms with E-state index in [-0.39, 0.29) is 30.3 Å². The van der Waals surface area contributed by atoms with Gasteiger partial charge in [-0.2, -0.15) is 5.10 Å². The summed E-state index contributed by atoms with van der Waals surface area (Å²) in [6.45, 7) is 1.94. The zero-order valence-electron chi connectivity index (χ0n) is 13.7. The number of carbonyl (C=O) groups excluding carboxylic acids is 1. The average molecular weight is 331 g/mol. The second-order valence-corrected chi connectivity index (χ2v) is 6.37. The number of nitrogens with zero attached hydrogens (tertiary/aromatic N) is 2. The third kappa shape index (κ3) is 3.48. The molecule has 24 heavy (non-hydrogen) atoms. The third-order valence-electron chi connectivity index (χ3n) is 4.65. The van der Waals surface area contributed by atoms with Crippen LogP contribution in [0.3, 0.4) is 0 Å². The predicted octanol–water partition coefficient (Wildman–Crippen LogP) is 2.60. The van der Waals surface area contributed by atoms with E-state index < -0.39 is 0 Å². The molecule has 1 aromatic carbocycles. The number of rotatable bonds is 4. The second-order valence-electron chi connectivity index (χ2n) is 6.37. The Hall–Kier alpha value is -2.21. The smallest absolute Gasteiger partial charge is 0.272 e. The molecule has 2 N–H and O–H groups in total. The number of carbonyl (C=O) groups is 1. The molecule has 3 rings (SSSR count). The topological polar surface area (TPSA) is 67.2 Å². The van der Waals surface area contributed by atoms with Crippen LogP contribution in [0.25, 0.3) is 5.69 Å². The molecule has 1 heterocycles. The number of hydrogen-bond donors (Lipinski definition) is 2. The standard InChI is InChI=1S/C18H22FN3O2/c1-12-10-17(21-22(12)15-8-6-14(19)7-9-15)18(24)20-16-5-3-2-4-13(16)11-23/h6-10,13,16,23H,2-5,11H2,1H3,(H,20,24). The molecule has 2 unspecified atom stereocenters. The Kier molecular flexibility index (Phi) is 4.94. The summed E-state index contributed by atoms with van der Waals surface area (Å²) in [7, 11) is 0. The van der Waals surface area contributed by atoms with Crippen LogP contribution in [-0.4, -0.2) is 33.4 Å². The summed E-state index contributed by atoms with van der Waals surface area (Å²) in [6, 6.07) is 7.69. The fraction of sp³-hybridized carbons (Fsp3) is 0.444. The maximum atomic E-state index is 13.1. The van der Waals surface area contributed by atoms with Crippen molar-refractivity contribution in [2.45, 2.75) is 38.6 Å². The van der Waals surface area contributed by atoms with Gasteiger partial charge in [0.15, 0.2) is 5.69 Å². The van der Waals surface area contributed by atoms with E-state index in [2.05, 4.69) is 10.4 Å². The van der Waals surface area contributed by atoms with E-state index in [0.717, 1.165) is 31.4 Å². The van der Waals surface area contributed by atoms with Crippen molar-refractivity contribution in [2.24, 2.45) is 5.92 Å². The van der Waals surface area contributed by atoms with Gasteiger partial charge < -0.3 is 10.4 Å². The highest BCUT2D eigenvalue weighted by Crippen LogP contribution is 2.24. The molecule has 0 aliphatic heterocycles. The summed E-state index contributed by atoms with van der Waals surface area (Å²) < 4.78 is 14.7. The van der Waals surface area contributed by atoms with Crippen molar-refractivity contribution < 1.29 is 14.3 Å². The van der Waals surface area contributed by atoms with Gasteiger partial charge in [-0.3, -0.25) is 4.79 Å². The lowest BCUT2D eigenvalue weighted by Crippen LogP contribution is -2.43. The summed E-state index contributed by atoms with van der Waals surface area (Å²) in [5.41, 5.74) is 1.84. The van der Waals surface area contributed by atoms with E-state index in [0.29, 0.717) is 11.4 Å². The van der Waals surface area contributed by atoms with Gasteiger partial charge in [0.1, 0.15) is 5.82 Å². The molecule has 1 aliphatic carbocycles. The van der Waals surface area contributed by atoms with Crippen LogP contribution in [0.15, 0.2) is 30.3 Å². The quantitative estimate of drug-likeness (QED) is 0.905. The van der Waals surface area contributed by atoms with Crippen LogP contribution in [0.2, 0.25) is 0 Å². The van der Waals surface area contributed by atoms with Crippen LogP contribution in [-0.2, 0) is 0 Å². The first-order chi connectivity index (χ1) is 11.6. The third-order valence-corrected chi connectivity index (χ3v) is 4.65. The van der Waals surface area contributed by atoms with Crippen LogP contribution in [0.4, 0.5) is 4.39 Å². The van der Waals surface area contributed by atoms with Crippen LogP contribution in [0, 0.1) is 18.7 Å². The lowest BCUT2D eigenvalue weighted by Gasteiger charge is -2.30. The number of aliphatic hydroxyl groups excluding tert-OH is 1. The molecule has 1 fully saturated rings. The van der Waals surface area contributed by atoms with Gasteiger partial charge in [-0.15, -0.1) is 0 Å². The minimum Gasteiger partial charge on any atom is -0.396 e. The van der Waals surface area contributed by atoms with Gasteiger partial charge in [-0.1, -0.05) is 12.8 Å². The van der Waals surface area contributed by atoms with Crippen molar-refractivity contribution >= 4 is 5.91 Å². The minimum absolute atomic E-state index is 0.00692. The SMILES string of the molecule is Cc1cc(C(=O)NC2CCCCC2CO)nn1-c1ccc(F)cc1. The minimum atomic E-state index is -0.311. The Balaban J connectivity index is 1.76. The first kappa shape index (κ1) is 16.6. The first-order valence-electron chi connectivity index (χ1n) is 8.33. The van der Waals surface area contributed by atoms with Gasteiger partial charge in [0.2, 0.25) is 0 Å². The van der Waals surface area contributed by atoms with Gasteiger partial charge in [-0.05, 0) is 50.1 Å². The van der Waals surface area contributed by atoms with Crippen molar-refractivity contribution in [3.63, 3.8) is 0 Å². The van der Waals surface area contributed by atoms with Gasteiger partial charge in [0.05, 0.1) is 5.69 Å². The zero-order valence-corrected chi connectivity index (χ0v) is 13.7. The maximum absolute atomic E-state index is 13.1. The lowest BCUT2D eigenvalue weighted by molar-refractivity contribution is 0.0867. The van der Waals surface area contributed by atoms with Crippen LogP contribution in [0.5, 0.6) is 0 Å². The number of nitrogens with one attached hydrogen (secondary N) is 1. The van der Waals surface area contributed by atoms with E-state index in [1.807, 2.05) is 6.92 Å². The van der Waals surface area contributed by atoms with E-state index in [1.54, 1.807) is 22.9 Å². The average Bonchev–Trinajstić information content (AvgIpc) is 2.98. The molecule has 0 saturated heterocycles. The zero-order chi connectivity index (χ0) is 17.1. The van der Waals surface area contributed by atoms with Crippen molar-refractivity contribution in [1.82, 2.24) is 15.1 Å². The summed E-state index contributed by atoms with van der Waals surface area (Å²) in [5, 5.41) is 16.8. The van der Waals surface area contributed by atoms with Gasteiger partial charge in [0.25, 0.3) is 5.91 Å². The van der Waals surface area contributed by atoms with E-state index in [9.17, 15) is 14.3 Å². The molecule has 128 valence electrons. The fourth-order valence-electron chi connectivity index (χ4n) is 3.29. The van der Waals surface area contributed by atoms with Gasteiger partial charge in [0, 0.05) is 24.3 Å². The van der Waals surface area contributed by atoms with Crippen molar-refractivity contribution in [1.29, 1.82) is 0 Å². The maximum Gasteiger partial charge on any atom is 0.272 e. The Labute approximate surface area is 140 Å². The lowest BCUT2D eigenvalue weighted by atomic mass is 9.85. The largest absolute Gasteiger partial charge is 0.396 e. The number of benzene rings is 1. The van der Waals surface area contributed by atoms with E-state index in [4.69, 9.17) is 0 Å². The number of amides is 1. The number of aryl methyl sites for hydroxylation is 1. The number of hydrogen-bond acceptors (Lipinski definition) is 3. The van der Waals surface area contributed by atoms with E-state index in [1.165, 1.54) is 12.1 Å². The molecule has 0 radical (unpaired) electrons. The normalized spacial score (nSPS) is 20.8. The molecule has 1 amide bonds. The Bertz CT molecular complexity index is 712. The van der Waals surface area contributed by atoms with Gasteiger partial charge in [-0.25, -0.2) is 9.07 Å². The van der Waals surface area contributed by atoms with Crippen LogP contribution >= 0.6 is 0 Å². The predicted molar refractivity (Wildman–Crippen MR) is 88.6 cm³/mol. The highest BCUT2D eigenvalue weighted by atomic mass is 19.1. The molecule has 2 atom stereocenters. The summed E-state index contributed by atoms with van der Waals surface area (Å²) >= 11 is 0. The Morgan fingerprint density at radius 1 is 1.33 bits per heavy atom. The van der Waals surface area contributed by atoms with Crippen molar-refractivity contribution in [2.75, 3.05) is 6.61 Å². The summed E-state index contributed by atoms with van der Waals surface area (Å²) in [5.74, 6) is -0.429. The Morgan fingerprint density at radius 3 is 2.75 bits per heavy atom. The molecule has 1 aliphatic rings. The fourth-order valence-corrected chi connectivity index (χ4v) is 3.29. The molecule has 0 spiro atoms. The number of aromatic nitrogens is 2. The highest BCUT2D eigenvalue weighted by Gasteiger charge is 2.27. The molecular formula is C18H22FN3O2. The second kappa shape index (κ2) is 7.13. The molecule has 2 aromatic rings. The van der Waals surface area contributed by atoms with Crippen molar-refractivity contribution in [3.8, 4) is 5.69 Å². The first-order valence-corrected chi connectivity index (χ1v) is 8.33. The van der Waals surface area contributed by atoms with Gasteiger partial charge >= 0.3 is 0 Å². The highest BCUT2D eigenvalue weighted by molar-refractivity contribution is 5.92. The van der Waals surface area contributed by atoms with Crippen LogP contribution < -0.4 is 5.32 Å². The van der Waals surface area contributed by atoms with Crippen molar-refractivity contribution in [3.05, 3.63) is 47.5 Å². The Morgan fingerprint density at radius 2 is 2.04 bits per heavy atom. The molecule has 0 bridgehead atoms. The molecule has 5 nitrogen and oxygen atoms in total. The molecule has 6 heteroatoms. The monoisotopic (exact) mass is 331 g/mol. The molecule has 1 saturated carbocycles. The number of aliphatic hydroxyl groups is 1. The van der Waals surface area contributed by atoms with E-state index >= 15 is 0 Å². The summed E-state index contributed by atoms with van der Waals surface area (Å²) in [6.07, 6.45) is 3.97. The number of halogens is 1. The molecule has 1 aromatic heterocycles. The van der Waals surface area contributed by atoms with Crippen LogP contribution in [0.1, 0.15) is 41.9 Å². The molecular weight excluding hydrogens is 309 g/mol. The summed E-state index contributed by atoms with van der Waals surface area (Å²) in [4.78, 5) is 12.5.